The van der Waals surface area contributed by atoms with E-state index in [1.165, 1.54) is 11.8 Å². The molecule has 0 bridgehead atoms. The minimum absolute atomic E-state index is 0.000367. The maximum Gasteiger partial charge on any atom is 0.338 e. The predicted molar refractivity (Wildman–Crippen MR) is 127 cm³/mol. The lowest BCUT2D eigenvalue weighted by Crippen LogP contribution is -2.28. The molecule has 3 heterocycles. The molecule has 2 aliphatic heterocycles. The molecule has 0 spiro atoms. The van der Waals surface area contributed by atoms with Crippen LogP contribution in [0.25, 0.3) is 10.9 Å². The molecule has 0 aliphatic carbocycles. The first kappa shape index (κ1) is 22.9. The van der Waals surface area contributed by atoms with Crippen LogP contribution in [-0.4, -0.2) is 41.6 Å². The second kappa shape index (κ2) is 10.2. The van der Waals surface area contributed by atoms with E-state index in [0.717, 1.165) is 30.6 Å². The molecule has 2 aromatic carbocycles. The zero-order chi connectivity index (χ0) is 23.5. The minimum Gasteiger partial charge on any atom is -0.467 e. The lowest BCUT2D eigenvalue weighted by atomic mass is 10.0. The quantitative estimate of drug-likeness (QED) is 0.285. The summed E-state index contributed by atoms with van der Waals surface area (Å²) in [5.41, 5.74) is 2.67. The Balaban J connectivity index is 1.50. The van der Waals surface area contributed by atoms with E-state index in [1.54, 1.807) is 29.7 Å². The molecule has 0 N–H and O–H groups in total. The smallest absolute Gasteiger partial charge is 0.338 e. The van der Waals surface area contributed by atoms with Crippen LogP contribution in [0, 0.1) is 0 Å². The lowest BCUT2D eigenvalue weighted by molar-refractivity contribution is -0.0169. The van der Waals surface area contributed by atoms with E-state index >= 15 is 0 Å². The van der Waals surface area contributed by atoms with Gasteiger partial charge in [-0.25, -0.2) is 9.78 Å². The number of ether oxygens (including phenoxy) is 4. The lowest BCUT2D eigenvalue weighted by Gasteiger charge is -2.22. The van der Waals surface area contributed by atoms with Gasteiger partial charge in [0.15, 0.2) is 11.9 Å². The SMILES string of the molecule is CCOC(=O)c1cc2c(c(CSc3nc4ccccc4c(=O)n3CC3CCCO3)c1)OCOC2. The third-order valence-electron chi connectivity index (χ3n) is 5.89. The van der Waals surface area contributed by atoms with Gasteiger partial charge in [-0.3, -0.25) is 9.36 Å². The summed E-state index contributed by atoms with van der Waals surface area (Å²) in [6.07, 6.45) is 1.92. The maximum atomic E-state index is 13.3. The van der Waals surface area contributed by atoms with Crippen molar-refractivity contribution in [3.05, 3.63) is 63.4 Å². The molecule has 178 valence electrons. The molecule has 8 nitrogen and oxygen atoms in total. The molecule has 0 amide bonds. The highest BCUT2D eigenvalue weighted by atomic mass is 32.2. The van der Waals surface area contributed by atoms with Crippen molar-refractivity contribution >= 4 is 28.6 Å². The average molecular weight is 483 g/mol. The van der Waals surface area contributed by atoms with Crippen LogP contribution in [0.5, 0.6) is 5.75 Å². The van der Waals surface area contributed by atoms with E-state index in [0.29, 0.717) is 52.9 Å². The topological polar surface area (TPSA) is 88.9 Å². The van der Waals surface area contributed by atoms with Crippen LogP contribution in [0.2, 0.25) is 0 Å². The van der Waals surface area contributed by atoms with Crippen LogP contribution in [0.3, 0.4) is 0 Å². The molecule has 3 aromatic rings. The van der Waals surface area contributed by atoms with Crippen LogP contribution >= 0.6 is 11.8 Å². The highest BCUT2D eigenvalue weighted by Gasteiger charge is 2.23. The van der Waals surface area contributed by atoms with Crippen molar-refractivity contribution in [2.24, 2.45) is 0 Å². The maximum absolute atomic E-state index is 13.3. The Morgan fingerprint density at radius 2 is 2.18 bits per heavy atom. The molecular weight excluding hydrogens is 456 g/mol. The fraction of sp³-hybridized carbons (Fsp3) is 0.400. The van der Waals surface area contributed by atoms with Gasteiger partial charge in [0.1, 0.15) is 5.75 Å². The fourth-order valence-corrected chi connectivity index (χ4v) is 5.27. The predicted octanol–water partition coefficient (Wildman–Crippen LogP) is 3.91. The van der Waals surface area contributed by atoms with E-state index in [-0.39, 0.29) is 24.4 Å². The Labute approximate surface area is 201 Å². The van der Waals surface area contributed by atoms with Crippen LogP contribution < -0.4 is 10.3 Å². The molecule has 34 heavy (non-hydrogen) atoms. The minimum atomic E-state index is -0.388. The Kier molecular flexibility index (Phi) is 6.85. The van der Waals surface area contributed by atoms with Crippen LogP contribution in [0.4, 0.5) is 0 Å². The van der Waals surface area contributed by atoms with Crippen molar-refractivity contribution in [1.82, 2.24) is 9.55 Å². The Morgan fingerprint density at radius 3 is 3.00 bits per heavy atom. The first-order valence-electron chi connectivity index (χ1n) is 11.4. The molecule has 0 radical (unpaired) electrons. The van der Waals surface area contributed by atoms with Crippen molar-refractivity contribution < 1.29 is 23.7 Å². The third-order valence-corrected chi connectivity index (χ3v) is 6.92. The molecule has 9 heteroatoms. The number of para-hydroxylation sites is 1. The number of rotatable bonds is 7. The molecule has 0 saturated carbocycles. The molecule has 5 rings (SSSR count). The van der Waals surface area contributed by atoms with Crippen LogP contribution in [0.15, 0.2) is 46.3 Å². The van der Waals surface area contributed by atoms with Crippen molar-refractivity contribution in [3.63, 3.8) is 0 Å². The first-order chi connectivity index (χ1) is 16.6. The van der Waals surface area contributed by atoms with Crippen LogP contribution in [-0.2, 0) is 33.1 Å². The standard InChI is InChI=1S/C25H26N2O6S/c1-2-31-24(29)16-10-17-13-30-15-33-22(17)18(11-16)14-34-25-26-21-8-4-3-7-20(21)23(28)27(25)12-19-6-5-9-32-19/h3-4,7-8,10-11,19H,2,5-6,9,12-15H2,1H3. The second-order valence-electron chi connectivity index (χ2n) is 8.21. The van der Waals surface area contributed by atoms with E-state index in [2.05, 4.69) is 0 Å². The average Bonchev–Trinajstić information content (AvgIpc) is 3.38. The van der Waals surface area contributed by atoms with Gasteiger partial charge in [0, 0.05) is 23.5 Å². The van der Waals surface area contributed by atoms with Gasteiger partial charge < -0.3 is 18.9 Å². The molecular formula is C25H26N2O6S. The highest BCUT2D eigenvalue weighted by Crippen LogP contribution is 2.34. The molecule has 2 aliphatic rings. The molecule has 1 fully saturated rings. The van der Waals surface area contributed by atoms with Gasteiger partial charge in [0.25, 0.3) is 5.56 Å². The number of fused-ring (bicyclic) bond motifs is 2. The molecule has 1 saturated heterocycles. The van der Waals surface area contributed by atoms with Gasteiger partial charge in [-0.05, 0) is 44.0 Å². The summed E-state index contributed by atoms with van der Waals surface area (Å²) in [6.45, 7) is 3.76. The zero-order valence-electron chi connectivity index (χ0n) is 19.0. The summed E-state index contributed by atoms with van der Waals surface area (Å²) >= 11 is 1.44. The van der Waals surface area contributed by atoms with Gasteiger partial charge in [-0.2, -0.15) is 0 Å². The summed E-state index contributed by atoms with van der Waals surface area (Å²) in [5, 5.41) is 1.20. The van der Waals surface area contributed by atoms with Crippen molar-refractivity contribution in [2.75, 3.05) is 20.0 Å². The summed E-state index contributed by atoms with van der Waals surface area (Å²) in [7, 11) is 0. The number of hydrogen-bond donors (Lipinski definition) is 0. The number of nitrogens with zero attached hydrogens (tertiary/aromatic N) is 2. The number of carbonyl (C=O) groups excluding carboxylic acids is 1. The number of thioether (sulfide) groups is 1. The number of carbonyl (C=O) groups is 1. The van der Waals surface area contributed by atoms with Crippen LogP contribution in [0.1, 0.15) is 41.3 Å². The summed E-state index contributed by atoms with van der Waals surface area (Å²) < 4.78 is 23.9. The Morgan fingerprint density at radius 1 is 1.29 bits per heavy atom. The third kappa shape index (κ3) is 4.68. The molecule has 1 aromatic heterocycles. The highest BCUT2D eigenvalue weighted by molar-refractivity contribution is 7.98. The summed E-state index contributed by atoms with van der Waals surface area (Å²) in [6, 6.07) is 10.9. The fourth-order valence-electron chi connectivity index (χ4n) is 4.29. The van der Waals surface area contributed by atoms with Crippen molar-refractivity contribution in [2.45, 2.75) is 49.9 Å². The van der Waals surface area contributed by atoms with Gasteiger partial charge in [-0.15, -0.1) is 0 Å². The molecule has 1 unspecified atom stereocenters. The number of benzene rings is 2. The number of esters is 1. The van der Waals surface area contributed by atoms with Gasteiger partial charge in [0.2, 0.25) is 0 Å². The van der Waals surface area contributed by atoms with E-state index in [1.807, 2.05) is 18.2 Å². The summed E-state index contributed by atoms with van der Waals surface area (Å²) in [4.78, 5) is 30.6. The summed E-state index contributed by atoms with van der Waals surface area (Å²) in [5.74, 6) is 0.785. The second-order valence-corrected chi connectivity index (χ2v) is 9.15. The van der Waals surface area contributed by atoms with Gasteiger partial charge in [-0.1, -0.05) is 23.9 Å². The Hall–Kier alpha value is -2.88. The molecule has 1 atom stereocenters. The first-order valence-corrected chi connectivity index (χ1v) is 12.4. The van der Waals surface area contributed by atoms with E-state index in [9.17, 15) is 9.59 Å². The largest absolute Gasteiger partial charge is 0.467 e. The van der Waals surface area contributed by atoms with Crippen molar-refractivity contribution in [1.29, 1.82) is 0 Å². The zero-order valence-corrected chi connectivity index (χ0v) is 19.8. The number of hydrogen-bond acceptors (Lipinski definition) is 8. The van der Waals surface area contributed by atoms with E-state index < -0.39 is 0 Å². The Bertz CT molecular complexity index is 1270. The monoisotopic (exact) mass is 482 g/mol. The van der Waals surface area contributed by atoms with E-state index in [4.69, 9.17) is 23.9 Å². The van der Waals surface area contributed by atoms with Gasteiger partial charge in [0.05, 0.1) is 42.3 Å². The number of aromatic nitrogens is 2. The van der Waals surface area contributed by atoms with Gasteiger partial charge >= 0.3 is 5.97 Å². The normalized spacial score (nSPS) is 17.4. The van der Waals surface area contributed by atoms with Crippen molar-refractivity contribution in [3.8, 4) is 5.75 Å².